The fourth-order valence-corrected chi connectivity index (χ4v) is 4.13. The largest absolute Gasteiger partial charge is 0.493 e. The van der Waals surface area contributed by atoms with Crippen molar-refractivity contribution in [2.24, 2.45) is 0 Å². The van der Waals surface area contributed by atoms with Crippen LogP contribution in [0.1, 0.15) is 17.0 Å². The van der Waals surface area contributed by atoms with Crippen molar-refractivity contribution in [1.82, 2.24) is 14.6 Å². The van der Waals surface area contributed by atoms with Gasteiger partial charge in [0.25, 0.3) is 5.56 Å². The van der Waals surface area contributed by atoms with E-state index in [1.165, 1.54) is 15.9 Å². The number of nitrogens with zero attached hydrogens (tertiary/aromatic N) is 3. The number of methoxy groups -OCH3 is 3. The van der Waals surface area contributed by atoms with Gasteiger partial charge in [0.05, 0.1) is 25.9 Å². The zero-order chi connectivity index (χ0) is 21.3. The first-order chi connectivity index (χ1) is 14.5. The third kappa shape index (κ3) is 3.83. The average molecular weight is 444 g/mol. The number of fused-ring (bicyclic) bond motifs is 1. The van der Waals surface area contributed by atoms with Gasteiger partial charge in [0.1, 0.15) is 0 Å². The Morgan fingerprint density at radius 3 is 2.30 bits per heavy atom. The lowest BCUT2D eigenvalue weighted by atomic mass is 10.1. The molecular formula is C21H18ClN3O4S. The van der Waals surface area contributed by atoms with Crippen LogP contribution in [0.2, 0.25) is 5.02 Å². The highest BCUT2D eigenvalue weighted by molar-refractivity contribution is 7.15. The number of halogens is 1. The van der Waals surface area contributed by atoms with Crippen molar-refractivity contribution < 1.29 is 14.2 Å². The fourth-order valence-electron chi connectivity index (χ4n) is 3.08. The van der Waals surface area contributed by atoms with Crippen LogP contribution in [0.25, 0.3) is 11.0 Å². The standard InChI is InChI=1S/C21H18ClN3O4S/c1-27-15-8-13(9-16(28-2)19(15)29-3)11-18-23-21-25(24-18)20(26)17(30-21)10-12-4-6-14(22)7-5-12/h4-10H,11H2,1-3H3/b17-10-. The highest BCUT2D eigenvalue weighted by Gasteiger charge is 2.16. The number of thiazole rings is 1. The maximum absolute atomic E-state index is 12.7. The predicted molar refractivity (Wildman–Crippen MR) is 116 cm³/mol. The molecule has 2 heterocycles. The van der Waals surface area contributed by atoms with E-state index in [1.54, 1.807) is 39.5 Å². The summed E-state index contributed by atoms with van der Waals surface area (Å²) in [6.45, 7) is 0. The van der Waals surface area contributed by atoms with E-state index in [9.17, 15) is 4.79 Å². The lowest BCUT2D eigenvalue weighted by molar-refractivity contribution is 0.324. The van der Waals surface area contributed by atoms with Gasteiger partial charge in [-0.2, -0.15) is 4.52 Å². The molecule has 0 amide bonds. The maximum Gasteiger partial charge on any atom is 0.291 e. The molecule has 0 radical (unpaired) electrons. The summed E-state index contributed by atoms with van der Waals surface area (Å²) in [4.78, 5) is 17.8. The van der Waals surface area contributed by atoms with Gasteiger partial charge >= 0.3 is 0 Å². The molecule has 4 rings (SSSR count). The van der Waals surface area contributed by atoms with E-state index < -0.39 is 0 Å². The number of ether oxygens (including phenoxy) is 3. The van der Waals surface area contributed by atoms with Crippen LogP contribution < -0.4 is 24.3 Å². The molecule has 2 aromatic heterocycles. The van der Waals surface area contributed by atoms with E-state index in [1.807, 2.05) is 24.3 Å². The fraction of sp³-hybridized carbons (Fsp3) is 0.190. The van der Waals surface area contributed by atoms with Crippen molar-refractivity contribution >= 4 is 34.0 Å². The molecule has 154 valence electrons. The van der Waals surface area contributed by atoms with Crippen LogP contribution in [0.5, 0.6) is 17.2 Å². The highest BCUT2D eigenvalue weighted by atomic mass is 35.5. The molecule has 4 aromatic rings. The van der Waals surface area contributed by atoms with Gasteiger partial charge in [-0.3, -0.25) is 4.79 Å². The molecular weight excluding hydrogens is 426 g/mol. The van der Waals surface area contributed by atoms with Crippen molar-refractivity contribution in [3.8, 4) is 17.2 Å². The van der Waals surface area contributed by atoms with Gasteiger partial charge < -0.3 is 14.2 Å². The quantitative estimate of drug-likeness (QED) is 0.456. The lowest BCUT2D eigenvalue weighted by Crippen LogP contribution is -2.23. The second-order valence-electron chi connectivity index (χ2n) is 6.40. The Hall–Kier alpha value is -3.10. The van der Waals surface area contributed by atoms with Gasteiger partial charge in [0, 0.05) is 11.4 Å². The van der Waals surface area contributed by atoms with Gasteiger partial charge in [-0.15, -0.1) is 5.10 Å². The molecule has 7 nitrogen and oxygen atoms in total. The molecule has 0 aliphatic heterocycles. The first kappa shape index (κ1) is 20.2. The smallest absolute Gasteiger partial charge is 0.291 e. The monoisotopic (exact) mass is 443 g/mol. The molecule has 0 fully saturated rings. The number of benzene rings is 2. The van der Waals surface area contributed by atoms with Crippen LogP contribution in [-0.2, 0) is 6.42 Å². The number of hydrogen-bond acceptors (Lipinski definition) is 7. The Kier molecular flexibility index (Phi) is 5.61. The molecule has 0 saturated heterocycles. The van der Waals surface area contributed by atoms with Crippen molar-refractivity contribution in [3.05, 3.63) is 73.3 Å². The van der Waals surface area contributed by atoms with Crippen LogP contribution in [0.15, 0.2) is 41.2 Å². The van der Waals surface area contributed by atoms with Crippen LogP contribution in [0.4, 0.5) is 0 Å². The number of aromatic nitrogens is 3. The van der Waals surface area contributed by atoms with Gasteiger partial charge in [-0.05, 0) is 41.5 Å². The van der Waals surface area contributed by atoms with Gasteiger partial charge in [0.2, 0.25) is 10.7 Å². The van der Waals surface area contributed by atoms with Crippen molar-refractivity contribution in [2.75, 3.05) is 21.3 Å². The second-order valence-corrected chi connectivity index (χ2v) is 7.85. The molecule has 9 heteroatoms. The Bertz CT molecular complexity index is 1290. The molecule has 0 N–H and O–H groups in total. The zero-order valence-corrected chi connectivity index (χ0v) is 18.1. The van der Waals surface area contributed by atoms with Crippen molar-refractivity contribution in [1.29, 1.82) is 0 Å². The van der Waals surface area contributed by atoms with E-state index in [0.717, 1.165) is 11.1 Å². The maximum atomic E-state index is 12.7. The molecule has 0 aliphatic carbocycles. The van der Waals surface area contributed by atoms with Crippen LogP contribution >= 0.6 is 22.9 Å². The second kappa shape index (κ2) is 8.33. The Balaban J connectivity index is 1.67. The van der Waals surface area contributed by atoms with E-state index in [-0.39, 0.29) is 5.56 Å². The molecule has 0 saturated carbocycles. The van der Waals surface area contributed by atoms with Crippen LogP contribution in [0, 0.1) is 0 Å². The summed E-state index contributed by atoms with van der Waals surface area (Å²) in [6, 6.07) is 11.0. The summed E-state index contributed by atoms with van der Waals surface area (Å²) >= 11 is 7.21. The number of hydrogen-bond donors (Lipinski definition) is 0. The molecule has 2 aromatic carbocycles. The van der Waals surface area contributed by atoms with E-state index >= 15 is 0 Å². The lowest BCUT2D eigenvalue weighted by Gasteiger charge is -2.13. The predicted octanol–water partition coefficient (Wildman–Crippen LogP) is 2.97. The summed E-state index contributed by atoms with van der Waals surface area (Å²) < 4.78 is 18.0. The van der Waals surface area contributed by atoms with Crippen LogP contribution in [0.3, 0.4) is 0 Å². The molecule has 30 heavy (non-hydrogen) atoms. The molecule has 0 spiro atoms. The van der Waals surface area contributed by atoms with E-state index in [4.69, 9.17) is 25.8 Å². The Morgan fingerprint density at radius 2 is 1.73 bits per heavy atom. The number of rotatable bonds is 6. The summed E-state index contributed by atoms with van der Waals surface area (Å²) in [5.41, 5.74) is 1.57. The summed E-state index contributed by atoms with van der Waals surface area (Å²) in [5, 5.41) is 5.03. The minimum absolute atomic E-state index is 0.200. The highest BCUT2D eigenvalue weighted by Crippen LogP contribution is 2.38. The summed E-state index contributed by atoms with van der Waals surface area (Å²) in [5.74, 6) is 2.16. The molecule has 0 aliphatic rings. The van der Waals surface area contributed by atoms with Gasteiger partial charge in [-0.25, -0.2) is 4.98 Å². The summed E-state index contributed by atoms with van der Waals surface area (Å²) in [7, 11) is 4.68. The van der Waals surface area contributed by atoms with Crippen molar-refractivity contribution in [2.45, 2.75) is 6.42 Å². The zero-order valence-electron chi connectivity index (χ0n) is 16.5. The topological polar surface area (TPSA) is 75.0 Å². The molecule has 0 unspecified atom stereocenters. The van der Waals surface area contributed by atoms with E-state index in [2.05, 4.69) is 10.1 Å². The SMILES string of the molecule is COc1cc(Cc2nc3s/c(=C\c4ccc(Cl)cc4)c(=O)n3n2)cc(OC)c1OC. The Labute approximate surface area is 181 Å². The minimum Gasteiger partial charge on any atom is -0.493 e. The van der Waals surface area contributed by atoms with Crippen LogP contribution in [-0.4, -0.2) is 35.9 Å². The minimum atomic E-state index is -0.200. The molecule has 0 atom stereocenters. The first-order valence-electron chi connectivity index (χ1n) is 8.97. The normalized spacial score (nSPS) is 11.8. The average Bonchev–Trinajstić information content (AvgIpc) is 3.27. The van der Waals surface area contributed by atoms with E-state index in [0.29, 0.717) is 44.0 Å². The first-order valence-corrected chi connectivity index (χ1v) is 10.2. The third-order valence-corrected chi connectivity index (χ3v) is 5.69. The Morgan fingerprint density at radius 1 is 1.07 bits per heavy atom. The van der Waals surface area contributed by atoms with Gasteiger partial charge in [-0.1, -0.05) is 35.1 Å². The summed E-state index contributed by atoms with van der Waals surface area (Å²) in [6.07, 6.45) is 2.22. The third-order valence-electron chi connectivity index (χ3n) is 4.48. The van der Waals surface area contributed by atoms with Gasteiger partial charge in [0.15, 0.2) is 17.3 Å². The molecule has 0 bridgehead atoms. The van der Waals surface area contributed by atoms with Crippen molar-refractivity contribution in [3.63, 3.8) is 0 Å².